The predicted molar refractivity (Wildman–Crippen MR) is 56.0 cm³/mol. The molecule has 1 aliphatic heterocycles. The molecule has 1 heterocycles. The van der Waals surface area contributed by atoms with E-state index in [0.29, 0.717) is 11.8 Å². The van der Waals surface area contributed by atoms with Gasteiger partial charge in [-0.3, -0.25) is 0 Å². The second kappa shape index (κ2) is 4.24. The summed E-state index contributed by atoms with van der Waals surface area (Å²) in [5.74, 6) is 1.33. The van der Waals surface area contributed by atoms with E-state index < -0.39 is 11.0 Å². The molecule has 0 N–H and O–H groups in total. The molecule has 0 aromatic rings. The van der Waals surface area contributed by atoms with Crippen LogP contribution in [0.2, 0.25) is 0 Å². The third kappa shape index (κ3) is 2.67. The fourth-order valence-corrected chi connectivity index (χ4v) is 3.22. The minimum absolute atomic E-state index is 0.108. The molecule has 0 aromatic carbocycles. The van der Waals surface area contributed by atoms with Crippen LogP contribution >= 0.6 is 15.9 Å². The number of hydrogen-bond donors (Lipinski definition) is 0. The molecule has 0 bridgehead atoms. The second-order valence-corrected chi connectivity index (χ2v) is 5.78. The highest BCUT2D eigenvalue weighted by Gasteiger charge is 2.42. The van der Waals surface area contributed by atoms with Crippen LogP contribution in [0.5, 0.6) is 0 Å². The summed E-state index contributed by atoms with van der Waals surface area (Å²) in [6, 6.07) is 0. The molecule has 1 nitrogen and oxygen atoms in total. The Balaban J connectivity index is 1.82. The maximum absolute atomic E-state index is 12.3. The number of likely N-dealkylation sites (tertiary alicyclic amines) is 1. The Morgan fingerprint density at radius 3 is 2.20 bits per heavy atom. The van der Waals surface area contributed by atoms with Gasteiger partial charge in [0.2, 0.25) is 0 Å². The Morgan fingerprint density at radius 1 is 1.20 bits per heavy atom. The largest absolute Gasteiger partial charge is 0.402 e. The molecular weight excluding hydrogens is 271 g/mol. The van der Waals surface area contributed by atoms with Crippen LogP contribution in [0.3, 0.4) is 0 Å². The Kier molecular flexibility index (Phi) is 3.31. The smallest absolute Gasteiger partial charge is 0.301 e. The molecular formula is C10H15BrF3N. The van der Waals surface area contributed by atoms with Crippen molar-refractivity contribution in [1.82, 2.24) is 4.90 Å². The summed E-state index contributed by atoms with van der Waals surface area (Å²) in [5.41, 5.74) is 0. The van der Waals surface area contributed by atoms with E-state index in [-0.39, 0.29) is 6.54 Å². The molecule has 2 aliphatic rings. The summed E-state index contributed by atoms with van der Waals surface area (Å²) in [6.45, 7) is 1.84. The lowest BCUT2D eigenvalue weighted by Gasteiger charge is -2.22. The van der Waals surface area contributed by atoms with E-state index in [0.717, 1.165) is 13.1 Å². The van der Waals surface area contributed by atoms with Gasteiger partial charge in [0.05, 0.1) is 0 Å². The Hall–Kier alpha value is 0.230. The van der Waals surface area contributed by atoms with Crippen molar-refractivity contribution < 1.29 is 13.2 Å². The molecule has 2 rings (SSSR count). The first-order chi connectivity index (χ1) is 6.97. The van der Waals surface area contributed by atoms with Crippen molar-refractivity contribution in [2.75, 3.05) is 19.6 Å². The summed E-state index contributed by atoms with van der Waals surface area (Å²) in [6.07, 6.45) is -0.432. The molecule has 5 heteroatoms. The third-order valence-corrected chi connectivity index (χ3v) is 4.38. The lowest BCUT2D eigenvalue weighted by Crippen LogP contribution is -2.36. The van der Waals surface area contributed by atoms with Gasteiger partial charge in [-0.05, 0) is 24.7 Å². The molecule has 1 saturated carbocycles. The van der Waals surface area contributed by atoms with Crippen molar-refractivity contribution in [3.63, 3.8) is 0 Å². The van der Waals surface area contributed by atoms with Gasteiger partial charge >= 0.3 is 6.18 Å². The maximum Gasteiger partial charge on any atom is 0.402 e. The van der Waals surface area contributed by atoms with Gasteiger partial charge in [-0.2, -0.15) is 13.2 Å². The van der Waals surface area contributed by atoms with Crippen molar-refractivity contribution in [1.29, 1.82) is 0 Å². The molecule has 0 aromatic heterocycles. The van der Waals surface area contributed by atoms with Gasteiger partial charge in [0, 0.05) is 19.6 Å². The molecule has 15 heavy (non-hydrogen) atoms. The fraction of sp³-hybridized carbons (Fsp3) is 1.00. The number of fused-ring (bicyclic) bond motifs is 1. The molecule has 0 radical (unpaired) electrons. The number of alkyl halides is 4. The molecule has 1 saturated heterocycles. The summed E-state index contributed by atoms with van der Waals surface area (Å²) in [5, 5.41) is 0. The van der Waals surface area contributed by atoms with Gasteiger partial charge in [-0.25, -0.2) is 0 Å². The predicted octanol–water partition coefficient (Wildman–Crippen LogP) is 3.04. The number of hydrogen-bond acceptors (Lipinski definition) is 1. The van der Waals surface area contributed by atoms with Crippen LogP contribution in [0.25, 0.3) is 0 Å². The Bertz CT molecular complexity index is 219. The van der Waals surface area contributed by atoms with Crippen molar-refractivity contribution in [2.45, 2.75) is 30.3 Å². The van der Waals surface area contributed by atoms with Crippen LogP contribution in [0.4, 0.5) is 13.2 Å². The summed E-state index contributed by atoms with van der Waals surface area (Å²) in [7, 11) is 0. The normalized spacial score (nSPS) is 34.4. The average Bonchev–Trinajstić information content (AvgIpc) is 2.61. The van der Waals surface area contributed by atoms with Crippen molar-refractivity contribution >= 4 is 15.9 Å². The van der Waals surface area contributed by atoms with Crippen molar-refractivity contribution in [2.24, 2.45) is 11.8 Å². The monoisotopic (exact) mass is 285 g/mol. The van der Waals surface area contributed by atoms with Gasteiger partial charge in [-0.1, -0.05) is 22.4 Å². The van der Waals surface area contributed by atoms with E-state index in [1.54, 1.807) is 0 Å². The van der Waals surface area contributed by atoms with Crippen LogP contribution < -0.4 is 0 Å². The Morgan fingerprint density at radius 2 is 1.73 bits per heavy atom. The number of rotatable bonds is 2. The SMILES string of the molecule is FC(F)(F)C(Br)CN1CC2CCCC2C1. The van der Waals surface area contributed by atoms with Crippen LogP contribution in [-0.4, -0.2) is 35.5 Å². The van der Waals surface area contributed by atoms with Gasteiger partial charge in [0.15, 0.2) is 0 Å². The van der Waals surface area contributed by atoms with Gasteiger partial charge in [-0.15, -0.1) is 0 Å². The molecule has 3 atom stereocenters. The number of nitrogens with zero attached hydrogens (tertiary/aromatic N) is 1. The molecule has 1 aliphatic carbocycles. The first-order valence-corrected chi connectivity index (χ1v) is 6.31. The fourth-order valence-electron chi connectivity index (χ4n) is 2.81. The van der Waals surface area contributed by atoms with Gasteiger partial charge in [0.1, 0.15) is 4.83 Å². The lowest BCUT2D eigenvalue weighted by atomic mass is 10.0. The van der Waals surface area contributed by atoms with E-state index in [2.05, 4.69) is 15.9 Å². The molecule has 2 fully saturated rings. The maximum atomic E-state index is 12.3. The van der Waals surface area contributed by atoms with E-state index in [1.165, 1.54) is 19.3 Å². The van der Waals surface area contributed by atoms with Gasteiger partial charge in [0.25, 0.3) is 0 Å². The van der Waals surface area contributed by atoms with E-state index >= 15 is 0 Å². The topological polar surface area (TPSA) is 3.24 Å². The zero-order valence-electron chi connectivity index (χ0n) is 8.43. The van der Waals surface area contributed by atoms with Crippen molar-refractivity contribution in [3.05, 3.63) is 0 Å². The number of halogens is 4. The minimum Gasteiger partial charge on any atom is -0.301 e. The summed E-state index contributed by atoms with van der Waals surface area (Å²) < 4.78 is 37.0. The van der Waals surface area contributed by atoms with E-state index in [1.807, 2.05) is 4.90 Å². The zero-order valence-corrected chi connectivity index (χ0v) is 10.0. The van der Waals surface area contributed by atoms with Crippen LogP contribution in [0.15, 0.2) is 0 Å². The van der Waals surface area contributed by atoms with Crippen LogP contribution in [0.1, 0.15) is 19.3 Å². The van der Waals surface area contributed by atoms with Gasteiger partial charge < -0.3 is 4.90 Å². The lowest BCUT2D eigenvalue weighted by molar-refractivity contribution is -0.130. The van der Waals surface area contributed by atoms with E-state index in [9.17, 15) is 13.2 Å². The second-order valence-electron chi connectivity index (χ2n) is 4.68. The van der Waals surface area contributed by atoms with Crippen LogP contribution in [0, 0.1) is 11.8 Å². The van der Waals surface area contributed by atoms with Crippen LogP contribution in [-0.2, 0) is 0 Å². The van der Waals surface area contributed by atoms with Crippen molar-refractivity contribution in [3.8, 4) is 0 Å². The highest BCUT2D eigenvalue weighted by atomic mass is 79.9. The first kappa shape index (κ1) is 11.7. The van der Waals surface area contributed by atoms with E-state index in [4.69, 9.17) is 0 Å². The highest BCUT2D eigenvalue weighted by Crippen LogP contribution is 2.38. The summed E-state index contributed by atoms with van der Waals surface area (Å²) >= 11 is 2.72. The molecule has 88 valence electrons. The average molecular weight is 286 g/mol. The molecule has 0 spiro atoms. The minimum atomic E-state index is -4.11. The Labute approximate surface area is 96.1 Å². The zero-order chi connectivity index (χ0) is 11.1. The first-order valence-electron chi connectivity index (χ1n) is 5.40. The highest BCUT2D eigenvalue weighted by molar-refractivity contribution is 9.09. The standard InChI is InChI=1S/C10H15BrF3N/c11-9(10(12,13)14)6-15-4-7-2-1-3-8(7)5-15/h7-9H,1-6H2. The summed E-state index contributed by atoms with van der Waals surface area (Å²) in [4.78, 5) is 0.588. The molecule has 0 amide bonds. The quantitative estimate of drug-likeness (QED) is 0.705. The third-order valence-electron chi connectivity index (χ3n) is 3.58. The molecule has 3 unspecified atom stereocenters.